The topological polar surface area (TPSA) is 0 Å². The number of rotatable bonds is 0. The average molecular weight is 88.1 g/mol. The maximum Gasteiger partial charge on any atom is 1.00 e. The summed E-state index contributed by atoms with van der Waals surface area (Å²) in [5.41, 5.74) is 0. The van der Waals surface area contributed by atoms with Crippen LogP contribution in [0.2, 0.25) is 0 Å². The molecule has 0 aromatic carbocycles. The van der Waals surface area contributed by atoms with Gasteiger partial charge >= 0.3 is 18.9 Å². The van der Waals surface area contributed by atoms with Crippen LogP contribution in [0.25, 0.3) is 0 Å². The summed E-state index contributed by atoms with van der Waals surface area (Å²) in [4.78, 5) is 0. The molecule has 0 aromatic heterocycles. The van der Waals surface area contributed by atoms with Crippen LogP contribution in [0, 0.1) is 12.0 Å². The van der Waals surface area contributed by atoms with Gasteiger partial charge in [0.1, 0.15) is 0 Å². The predicted molar refractivity (Wildman–Crippen MR) is 26.2 cm³/mol. The van der Waals surface area contributed by atoms with E-state index in [0.717, 1.165) is 5.92 Å². The van der Waals surface area contributed by atoms with Gasteiger partial charge in [-0.15, -0.1) is 0 Å². The van der Waals surface area contributed by atoms with E-state index in [1.807, 2.05) is 0 Å². The fourth-order valence-electron chi connectivity index (χ4n) is 0.679. The van der Waals surface area contributed by atoms with E-state index >= 15 is 0 Å². The molecule has 1 unspecified atom stereocenters. The van der Waals surface area contributed by atoms with E-state index in [9.17, 15) is 0 Å². The van der Waals surface area contributed by atoms with Crippen molar-refractivity contribution in [3.8, 4) is 0 Å². The minimum absolute atomic E-state index is 0. The third-order valence-electron chi connectivity index (χ3n) is 1.15. The molecule has 1 atom stereocenters. The average Bonchev–Trinajstić information content (AvgIpc) is 1.86. The molecule has 0 aromatic rings. The Bertz CT molecular complexity index is 66.6. The van der Waals surface area contributed by atoms with Gasteiger partial charge in [-0.3, -0.25) is 6.08 Å². The summed E-state index contributed by atoms with van der Waals surface area (Å²) >= 11 is 0. The molecule has 34 valence electrons. The molecule has 1 aliphatic carbocycles. The third-order valence-corrected chi connectivity index (χ3v) is 1.15. The second-order valence-corrected chi connectivity index (χ2v) is 1.89. The molecule has 0 fully saturated rings. The van der Waals surface area contributed by atoms with Gasteiger partial charge < -0.3 is 6.08 Å². The van der Waals surface area contributed by atoms with Gasteiger partial charge in [-0.2, -0.15) is 6.42 Å². The van der Waals surface area contributed by atoms with Gasteiger partial charge in [0.2, 0.25) is 0 Å². The largest absolute Gasteiger partial charge is 1.00 e. The van der Waals surface area contributed by atoms with Crippen molar-refractivity contribution in [3.63, 3.8) is 0 Å². The Morgan fingerprint density at radius 2 is 2.43 bits per heavy atom. The van der Waals surface area contributed by atoms with Gasteiger partial charge in [0.05, 0.1) is 0 Å². The van der Waals surface area contributed by atoms with E-state index in [1.54, 1.807) is 0 Å². The first-order chi connectivity index (χ1) is 2.89. The van der Waals surface area contributed by atoms with Crippen LogP contribution < -0.4 is 18.9 Å². The standard InChI is InChI=1S/C6H9.Li/c1-6-4-2-3-5-6;/h5-6H,2,4H2,1H3;/q-1;+1. The van der Waals surface area contributed by atoms with Crippen molar-refractivity contribution in [2.24, 2.45) is 5.92 Å². The monoisotopic (exact) mass is 88.1 g/mol. The Morgan fingerprint density at radius 3 is 2.57 bits per heavy atom. The van der Waals surface area contributed by atoms with Crippen molar-refractivity contribution < 1.29 is 18.9 Å². The molecule has 0 radical (unpaired) electrons. The van der Waals surface area contributed by atoms with E-state index in [4.69, 9.17) is 0 Å². The molecule has 1 heteroatoms. The van der Waals surface area contributed by atoms with Crippen LogP contribution in [0.3, 0.4) is 0 Å². The summed E-state index contributed by atoms with van der Waals surface area (Å²) < 4.78 is 0. The Balaban J connectivity index is 0.000000360. The van der Waals surface area contributed by atoms with Crippen LogP contribution >= 0.6 is 0 Å². The summed E-state index contributed by atoms with van der Waals surface area (Å²) in [6.07, 6.45) is 7.80. The van der Waals surface area contributed by atoms with Crippen molar-refractivity contribution in [2.75, 3.05) is 0 Å². The number of hydrogen-bond donors (Lipinski definition) is 0. The number of allylic oxidation sites excluding steroid dienone is 2. The van der Waals surface area contributed by atoms with Gasteiger partial charge in [0, 0.05) is 0 Å². The zero-order chi connectivity index (χ0) is 4.41. The van der Waals surface area contributed by atoms with Crippen LogP contribution in [0.4, 0.5) is 0 Å². The molecule has 1 rings (SSSR count). The molecule has 0 saturated carbocycles. The maximum absolute atomic E-state index is 3.15. The van der Waals surface area contributed by atoms with Crippen LogP contribution in [-0.4, -0.2) is 0 Å². The fourth-order valence-corrected chi connectivity index (χ4v) is 0.679. The van der Waals surface area contributed by atoms with Gasteiger partial charge in [0.15, 0.2) is 0 Å². The molecule has 0 N–H and O–H groups in total. The Labute approximate surface area is 57.2 Å². The summed E-state index contributed by atoms with van der Waals surface area (Å²) in [5, 5.41) is 0. The normalized spacial score (nSPS) is 27.3. The molecule has 0 nitrogen and oxygen atoms in total. The van der Waals surface area contributed by atoms with E-state index < -0.39 is 0 Å². The smallest absolute Gasteiger partial charge is 0.500 e. The first kappa shape index (κ1) is 7.34. The summed E-state index contributed by atoms with van der Waals surface area (Å²) in [6.45, 7) is 2.22. The van der Waals surface area contributed by atoms with Crippen LogP contribution in [0.5, 0.6) is 0 Å². The SMILES string of the molecule is CC1C=[C-]CC1.[Li+]. The fraction of sp³-hybridized carbons (Fsp3) is 0.667. The molecule has 0 heterocycles. The molecule has 0 aliphatic heterocycles. The van der Waals surface area contributed by atoms with E-state index in [0.29, 0.717) is 0 Å². The third kappa shape index (κ3) is 2.21. The molecule has 0 saturated heterocycles. The zero-order valence-electron chi connectivity index (χ0n) is 5.07. The molecule has 0 spiro atoms. The van der Waals surface area contributed by atoms with Crippen LogP contribution in [0.1, 0.15) is 19.8 Å². The van der Waals surface area contributed by atoms with Crippen molar-refractivity contribution in [2.45, 2.75) is 19.8 Å². The van der Waals surface area contributed by atoms with Crippen molar-refractivity contribution >= 4 is 0 Å². The molecule has 7 heavy (non-hydrogen) atoms. The van der Waals surface area contributed by atoms with Gasteiger partial charge in [-0.25, -0.2) is 0 Å². The molecular formula is C6H9Li. The van der Waals surface area contributed by atoms with Crippen LogP contribution in [0.15, 0.2) is 6.08 Å². The van der Waals surface area contributed by atoms with Gasteiger partial charge in [0.25, 0.3) is 0 Å². The Morgan fingerprint density at radius 1 is 1.71 bits per heavy atom. The summed E-state index contributed by atoms with van der Waals surface area (Å²) in [7, 11) is 0. The van der Waals surface area contributed by atoms with Crippen molar-refractivity contribution in [1.82, 2.24) is 0 Å². The second-order valence-electron chi connectivity index (χ2n) is 1.89. The molecule has 0 bridgehead atoms. The Hall–Kier alpha value is 0.337. The first-order valence-corrected chi connectivity index (χ1v) is 2.46. The van der Waals surface area contributed by atoms with Gasteiger partial charge in [-0.05, 0) is 0 Å². The number of hydrogen-bond acceptors (Lipinski definition) is 0. The first-order valence-electron chi connectivity index (χ1n) is 2.46. The summed E-state index contributed by atoms with van der Waals surface area (Å²) in [5.74, 6) is 0.810. The van der Waals surface area contributed by atoms with Crippen molar-refractivity contribution in [1.29, 1.82) is 0 Å². The predicted octanol–water partition coefficient (Wildman–Crippen LogP) is -1.22. The zero-order valence-corrected chi connectivity index (χ0v) is 5.07. The molecule has 0 amide bonds. The van der Waals surface area contributed by atoms with Crippen molar-refractivity contribution in [3.05, 3.63) is 12.2 Å². The van der Waals surface area contributed by atoms with E-state index in [2.05, 4.69) is 19.1 Å². The quantitative estimate of drug-likeness (QED) is 0.257. The maximum atomic E-state index is 3.15. The minimum Gasteiger partial charge on any atom is -0.500 e. The Kier molecular flexibility index (Phi) is 3.52. The van der Waals surface area contributed by atoms with Crippen LogP contribution in [-0.2, 0) is 0 Å². The second kappa shape index (κ2) is 3.35. The molecule has 1 aliphatic rings. The summed E-state index contributed by atoms with van der Waals surface area (Å²) in [6, 6.07) is 0. The molecular weight excluding hydrogens is 79.0 g/mol. The van der Waals surface area contributed by atoms with Gasteiger partial charge in [-0.1, -0.05) is 19.3 Å². The van der Waals surface area contributed by atoms with E-state index in [-0.39, 0.29) is 18.9 Å². The minimum atomic E-state index is 0. The van der Waals surface area contributed by atoms with E-state index in [1.165, 1.54) is 12.8 Å².